The highest BCUT2D eigenvalue weighted by atomic mass is 32.2. The van der Waals surface area contributed by atoms with Gasteiger partial charge in [-0.25, -0.2) is 0 Å². The molecule has 7 heteroatoms. The lowest BCUT2D eigenvalue weighted by atomic mass is 10.1. The van der Waals surface area contributed by atoms with Crippen LogP contribution in [0, 0.1) is 0 Å². The molecule has 0 aliphatic heterocycles. The Morgan fingerprint density at radius 3 is 2.52 bits per heavy atom. The summed E-state index contributed by atoms with van der Waals surface area (Å²) >= 11 is 1.83. The average Bonchev–Trinajstić information content (AvgIpc) is 3.16. The molecule has 0 saturated heterocycles. The van der Waals surface area contributed by atoms with Gasteiger partial charge in [-0.2, -0.15) is 16.7 Å². The molecule has 6 nitrogen and oxygen atoms in total. The number of aliphatic imine (C=N–C) groups is 1. The maximum Gasteiger partial charge on any atom is 0.257 e. The van der Waals surface area contributed by atoms with Gasteiger partial charge in [-0.3, -0.25) is 4.99 Å². The van der Waals surface area contributed by atoms with E-state index in [9.17, 15) is 0 Å². The van der Waals surface area contributed by atoms with Gasteiger partial charge in [0.15, 0.2) is 11.8 Å². The lowest BCUT2D eigenvalue weighted by molar-refractivity contribution is 0.423. The quantitative estimate of drug-likeness (QED) is 0.505. The van der Waals surface area contributed by atoms with E-state index in [1.165, 1.54) is 5.56 Å². The predicted octanol–water partition coefficient (Wildman–Crippen LogP) is 3.54. The zero-order valence-corrected chi connectivity index (χ0v) is 17.8. The van der Waals surface area contributed by atoms with Gasteiger partial charge in [-0.15, -0.1) is 0 Å². The van der Waals surface area contributed by atoms with Crippen LogP contribution in [0.4, 0.5) is 0 Å². The van der Waals surface area contributed by atoms with Crippen molar-refractivity contribution in [2.24, 2.45) is 4.99 Å². The highest BCUT2D eigenvalue weighted by molar-refractivity contribution is 7.99. The molecule has 2 rings (SSSR count). The van der Waals surface area contributed by atoms with Crippen LogP contribution in [0.2, 0.25) is 0 Å². The van der Waals surface area contributed by atoms with Crippen molar-refractivity contribution in [2.75, 3.05) is 25.9 Å². The van der Waals surface area contributed by atoms with Crippen LogP contribution in [0.15, 0.2) is 33.8 Å². The molecule has 0 amide bonds. The van der Waals surface area contributed by atoms with E-state index in [1.807, 2.05) is 30.8 Å². The topological polar surface area (TPSA) is 75.3 Å². The highest BCUT2D eigenvalue weighted by Crippen LogP contribution is 2.21. The van der Waals surface area contributed by atoms with Crippen molar-refractivity contribution in [3.63, 3.8) is 0 Å². The van der Waals surface area contributed by atoms with E-state index in [4.69, 9.17) is 9.52 Å². The molecule has 1 aromatic heterocycles. The third-order valence-corrected chi connectivity index (χ3v) is 5.44. The zero-order valence-electron chi connectivity index (χ0n) is 17.0. The Morgan fingerprint density at radius 1 is 1.19 bits per heavy atom. The number of rotatable bonds is 9. The third-order valence-electron chi connectivity index (χ3n) is 4.21. The fourth-order valence-electron chi connectivity index (χ4n) is 2.33. The summed E-state index contributed by atoms with van der Waals surface area (Å²) in [5, 5.41) is 10.7. The second-order valence-electron chi connectivity index (χ2n) is 6.90. The molecule has 0 aliphatic rings. The van der Waals surface area contributed by atoms with E-state index < -0.39 is 0 Å². The lowest BCUT2D eigenvalue weighted by Gasteiger charge is -2.20. The van der Waals surface area contributed by atoms with Crippen LogP contribution < -0.4 is 10.6 Å². The summed E-state index contributed by atoms with van der Waals surface area (Å²) in [6.07, 6.45) is 3.81. The third kappa shape index (κ3) is 6.90. The van der Waals surface area contributed by atoms with Gasteiger partial charge in [-0.1, -0.05) is 24.2 Å². The Morgan fingerprint density at radius 2 is 1.93 bits per heavy atom. The van der Waals surface area contributed by atoms with Gasteiger partial charge in [-0.05, 0) is 51.1 Å². The summed E-state index contributed by atoms with van der Waals surface area (Å²) < 4.78 is 5.43. The molecule has 1 heterocycles. The summed E-state index contributed by atoms with van der Waals surface area (Å²) in [4.78, 5) is 9.06. The molecule has 148 valence electrons. The molecule has 2 N–H and O–H groups in total. The summed E-state index contributed by atoms with van der Waals surface area (Å²) in [7, 11) is 0. The first-order chi connectivity index (χ1) is 13.0. The number of hydrogen-bond donors (Lipinski definition) is 2. The van der Waals surface area contributed by atoms with Gasteiger partial charge in [0.2, 0.25) is 0 Å². The first-order valence-electron chi connectivity index (χ1n) is 9.46. The Balaban J connectivity index is 1.88. The number of aryl methyl sites for hydroxylation is 1. The normalized spacial score (nSPS) is 12.3. The van der Waals surface area contributed by atoms with Gasteiger partial charge in [0.1, 0.15) is 0 Å². The molecule has 0 radical (unpaired) electrons. The largest absolute Gasteiger partial charge is 0.357 e. The van der Waals surface area contributed by atoms with Crippen LogP contribution in [0.1, 0.15) is 39.1 Å². The Labute approximate surface area is 166 Å². The van der Waals surface area contributed by atoms with Gasteiger partial charge in [0, 0.05) is 29.8 Å². The monoisotopic (exact) mass is 389 g/mol. The van der Waals surface area contributed by atoms with Crippen molar-refractivity contribution in [3.8, 4) is 11.5 Å². The van der Waals surface area contributed by atoms with Crippen molar-refractivity contribution in [3.05, 3.63) is 35.7 Å². The second kappa shape index (κ2) is 10.3. The van der Waals surface area contributed by atoms with Crippen molar-refractivity contribution in [1.82, 2.24) is 20.8 Å². The van der Waals surface area contributed by atoms with Crippen LogP contribution in [0.3, 0.4) is 0 Å². The van der Waals surface area contributed by atoms with E-state index in [2.05, 4.69) is 59.9 Å². The second-order valence-corrected chi connectivity index (χ2v) is 8.42. The lowest BCUT2D eigenvalue weighted by Crippen LogP contribution is -2.39. The molecular formula is C20H31N5OS. The molecule has 0 saturated carbocycles. The van der Waals surface area contributed by atoms with E-state index in [-0.39, 0.29) is 4.75 Å². The van der Waals surface area contributed by atoms with Crippen LogP contribution >= 0.6 is 11.8 Å². The molecular weight excluding hydrogens is 358 g/mol. The fraction of sp³-hybridized carbons (Fsp3) is 0.550. The molecule has 0 aliphatic carbocycles. The number of benzene rings is 1. The van der Waals surface area contributed by atoms with Gasteiger partial charge in [0.25, 0.3) is 5.89 Å². The standard InChI is InChI=1S/C20H31N5OS/c1-6-17-24-18(26-25-17)16-10-8-15(9-11-16)12-13-22-19(21-7-2)23-14-20(3,4)27-5/h8-11H,6-7,12-14H2,1-5H3,(H2,21,22,23). The van der Waals surface area contributed by atoms with Crippen LogP contribution in [0.25, 0.3) is 11.5 Å². The van der Waals surface area contributed by atoms with Crippen LogP contribution in [-0.2, 0) is 12.8 Å². The van der Waals surface area contributed by atoms with Crippen molar-refractivity contribution in [1.29, 1.82) is 0 Å². The van der Waals surface area contributed by atoms with E-state index in [0.29, 0.717) is 5.89 Å². The van der Waals surface area contributed by atoms with Crippen molar-refractivity contribution in [2.45, 2.75) is 45.3 Å². The molecule has 2 aromatic rings. The van der Waals surface area contributed by atoms with E-state index >= 15 is 0 Å². The number of hydrogen-bond acceptors (Lipinski definition) is 5. The van der Waals surface area contributed by atoms with Gasteiger partial charge < -0.3 is 15.2 Å². The highest BCUT2D eigenvalue weighted by Gasteiger charge is 2.15. The van der Waals surface area contributed by atoms with Crippen molar-refractivity contribution >= 4 is 17.7 Å². The fourth-order valence-corrected chi connectivity index (χ4v) is 2.52. The number of thioether (sulfide) groups is 1. The first kappa shape index (κ1) is 21.3. The minimum atomic E-state index is 0.143. The van der Waals surface area contributed by atoms with Crippen molar-refractivity contribution < 1.29 is 4.52 Å². The zero-order chi connectivity index (χ0) is 19.7. The SMILES string of the molecule is CCNC(=NCC(C)(C)SC)NCCc1ccc(-c2nc(CC)no2)cc1. The number of aromatic nitrogens is 2. The molecule has 1 aromatic carbocycles. The molecule has 0 bridgehead atoms. The molecule has 0 atom stereocenters. The average molecular weight is 390 g/mol. The maximum absolute atomic E-state index is 5.29. The summed E-state index contributed by atoms with van der Waals surface area (Å²) in [5.74, 6) is 2.18. The Bertz CT molecular complexity index is 724. The smallest absolute Gasteiger partial charge is 0.257 e. The summed E-state index contributed by atoms with van der Waals surface area (Å²) in [5.41, 5.74) is 2.20. The predicted molar refractivity (Wildman–Crippen MR) is 114 cm³/mol. The van der Waals surface area contributed by atoms with Crippen LogP contribution in [-0.4, -0.2) is 46.7 Å². The van der Waals surface area contributed by atoms with E-state index in [1.54, 1.807) is 0 Å². The number of nitrogens with one attached hydrogen (secondary N) is 2. The summed E-state index contributed by atoms with van der Waals surface area (Å²) in [6, 6.07) is 8.27. The molecule has 0 unspecified atom stereocenters. The first-order valence-corrected chi connectivity index (χ1v) is 10.7. The number of guanidine groups is 1. The molecule has 0 spiro atoms. The Hall–Kier alpha value is -2.02. The number of nitrogens with zero attached hydrogens (tertiary/aromatic N) is 3. The van der Waals surface area contributed by atoms with Crippen LogP contribution in [0.5, 0.6) is 0 Å². The summed E-state index contributed by atoms with van der Waals surface area (Å²) in [6.45, 7) is 11.0. The van der Waals surface area contributed by atoms with Gasteiger partial charge in [0.05, 0.1) is 6.54 Å². The van der Waals surface area contributed by atoms with Gasteiger partial charge >= 0.3 is 0 Å². The minimum absolute atomic E-state index is 0.143. The molecule has 0 fully saturated rings. The maximum atomic E-state index is 5.29. The minimum Gasteiger partial charge on any atom is -0.357 e. The van der Waals surface area contributed by atoms with E-state index in [0.717, 1.165) is 49.8 Å². The Kier molecular flexibility index (Phi) is 8.16. The molecule has 27 heavy (non-hydrogen) atoms.